The van der Waals surface area contributed by atoms with Crippen LogP contribution in [0.4, 0.5) is 10.2 Å². The smallest absolute Gasteiger partial charge is 0.256 e. The second-order valence-electron chi connectivity index (χ2n) is 7.14. The van der Waals surface area contributed by atoms with Gasteiger partial charge in [0.25, 0.3) is 5.91 Å². The molecule has 0 unspecified atom stereocenters. The van der Waals surface area contributed by atoms with Gasteiger partial charge in [-0.2, -0.15) is 15.0 Å². The number of carbonyl (C=O) groups is 1. The highest BCUT2D eigenvalue weighted by Crippen LogP contribution is 2.21. The fourth-order valence-corrected chi connectivity index (χ4v) is 3.43. The van der Waals surface area contributed by atoms with Crippen LogP contribution in [0.5, 0.6) is 0 Å². The van der Waals surface area contributed by atoms with Crippen LogP contribution in [0.1, 0.15) is 28.8 Å². The van der Waals surface area contributed by atoms with Crippen LogP contribution in [0.15, 0.2) is 36.7 Å². The molecule has 1 saturated heterocycles. The molecule has 10 heteroatoms. The van der Waals surface area contributed by atoms with Crippen LogP contribution in [0.3, 0.4) is 0 Å². The standard InChI is InChI=1S/C20H22FN7O2/c1-13-10-19(25-15(3)24-13)27-9-8-26(14(2)12-30-27)20(29)17-11-16(21)4-5-18(17)28-22-6-7-23-28/h4-7,10-11,14H,8-9,12H2,1-3H3/t14-/m1/s1. The Labute approximate surface area is 173 Å². The van der Waals surface area contributed by atoms with E-state index in [-0.39, 0.29) is 24.1 Å². The van der Waals surface area contributed by atoms with E-state index in [9.17, 15) is 9.18 Å². The zero-order valence-corrected chi connectivity index (χ0v) is 17.0. The number of carbonyl (C=O) groups excluding carboxylic acids is 1. The second-order valence-corrected chi connectivity index (χ2v) is 7.14. The lowest BCUT2D eigenvalue weighted by Crippen LogP contribution is -2.41. The molecule has 0 bridgehead atoms. The third-order valence-electron chi connectivity index (χ3n) is 4.84. The van der Waals surface area contributed by atoms with Crippen LogP contribution < -0.4 is 5.06 Å². The van der Waals surface area contributed by atoms with Gasteiger partial charge in [-0.05, 0) is 39.0 Å². The van der Waals surface area contributed by atoms with E-state index in [0.29, 0.717) is 30.4 Å². The molecule has 156 valence electrons. The first-order valence-electron chi connectivity index (χ1n) is 9.62. The van der Waals surface area contributed by atoms with Crippen molar-refractivity contribution in [2.24, 2.45) is 0 Å². The molecule has 1 aromatic carbocycles. The number of aryl methyl sites for hydroxylation is 2. The zero-order chi connectivity index (χ0) is 21.3. The lowest BCUT2D eigenvalue weighted by Gasteiger charge is -2.26. The largest absolute Gasteiger partial charge is 0.332 e. The SMILES string of the molecule is Cc1cc(N2CCN(C(=O)c3cc(F)ccc3-n3nccn3)[C@H](C)CO2)nc(C)n1. The number of rotatable bonds is 3. The third kappa shape index (κ3) is 3.99. The predicted octanol–water partition coefficient (Wildman–Crippen LogP) is 2.10. The molecular weight excluding hydrogens is 389 g/mol. The van der Waals surface area contributed by atoms with E-state index in [4.69, 9.17) is 4.84 Å². The maximum atomic E-state index is 14.0. The highest BCUT2D eigenvalue weighted by atomic mass is 19.1. The van der Waals surface area contributed by atoms with Gasteiger partial charge in [0, 0.05) is 18.3 Å². The van der Waals surface area contributed by atoms with Gasteiger partial charge < -0.3 is 4.90 Å². The molecule has 0 N–H and O–H groups in total. The van der Waals surface area contributed by atoms with E-state index >= 15 is 0 Å². The summed E-state index contributed by atoms with van der Waals surface area (Å²) in [6.45, 7) is 6.67. The van der Waals surface area contributed by atoms with Gasteiger partial charge in [-0.1, -0.05) is 0 Å². The van der Waals surface area contributed by atoms with Crippen LogP contribution >= 0.6 is 0 Å². The van der Waals surface area contributed by atoms with Crippen LogP contribution in [0.2, 0.25) is 0 Å². The van der Waals surface area contributed by atoms with Crippen LogP contribution in [-0.4, -0.2) is 61.5 Å². The maximum absolute atomic E-state index is 14.0. The third-order valence-corrected chi connectivity index (χ3v) is 4.84. The molecule has 0 spiro atoms. The summed E-state index contributed by atoms with van der Waals surface area (Å²) in [5, 5.41) is 9.82. The molecule has 0 saturated carbocycles. The number of hydrogen-bond donors (Lipinski definition) is 0. The Balaban J connectivity index is 1.60. The van der Waals surface area contributed by atoms with Crippen LogP contribution in [0.25, 0.3) is 5.69 Å². The molecule has 30 heavy (non-hydrogen) atoms. The molecule has 1 amide bonds. The topological polar surface area (TPSA) is 89.3 Å². The molecule has 1 aliphatic rings. The van der Waals surface area contributed by atoms with Crippen molar-refractivity contribution in [3.63, 3.8) is 0 Å². The monoisotopic (exact) mass is 411 g/mol. The summed E-state index contributed by atoms with van der Waals surface area (Å²) in [7, 11) is 0. The Morgan fingerprint density at radius 1 is 1.13 bits per heavy atom. The Kier molecular flexibility index (Phi) is 5.40. The molecule has 0 radical (unpaired) electrons. The van der Waals surface area contributed by atoms with E-state index in [2.05, 4.69) is 20.2 Å². The number of hydrogen-bond acceptors (Lipinski definition) is 7. The average Bonchev–Trinajstić information content (AvgIpc) is 3.16. The number of halogens is 1. The minimum absolute atomic E-state index is 0.195. The molecule has 0 aliphatic carbocycles. The normalized spacial score (nSPS) is 17.1. The number of nitrogens with zero attached hydrogens (tertiary/aromatic N) is 7. The molecule has 3 aromatic rings. The maximum Gasteiger partial charge on any atom is 0.256 e. The highest BCUT2D eigenvalue weighted by Gasteiger charge is 2.29. The Hall–Kier alpha value is -3.40. The van der Waals surface area contributed by atoms with Crippen molar-refractivity contribution in [1.82, 2.24) is 29.9 Å². The molecule has 3 heterocycles. The van der Waals surface area contributed by atoms with Crippen molar-refractivity contribution in [2.45, 2.75) is 26.8 Å². The first-order valence-corrected chi connectivity index (χ1v) is 9.62. The highest BCUT2D eigenvalue weighted by molar-refractivity contribution is 5.98. The van der Waals surface area contributed by atoms with E-state index in [1.807, 2.05) is 26.8 Å². The molecule has 9 nitrogen and oxygen atoms in total. The summed E-state index contributed by atoms with van der Waals surface area (Å²) in [5.74, 6) is 0.486. The van der Waals surface area contributed by atoms with Crippen LogP contribution in [0, 0.1) is 19.7 Å². The van der Waals surface area contributed by atoms with E-state index in [1.54, 1.807) is 9.96 Å². The van der Waals surface area contributed by atoms with Gasteiger partial charge in [0.1, 0.15) is 11.6 Å². The van der Waals surface area contributed by atoms with Crippen molar-refractivity contribution in [1.29, 1.82) is 0 Å². The van der Waals surface area contributed by atoms with E-state index in [1.165, 1.54) is 35.4 Å². The zero-order valence-electron chi connectivity index (χ0n) is 17.0. The fourth-order valence-electron chi connectivity index (χ4n) is 3.43. The van der Waals surface area contributed by atoms with Gasteiger partial charge in [-0.3, -0.25) is 9.63 Å². The summed E-state index contributed by atoms with van der Waals surface area (Å²) < 4.78 is 14.0. The first kappa shape index (κ1) is 19.9. The molecule has 2 aromatic heterocycles. The number of hydroxylamine groups is 1. The van der Waals surface area contributed by atoms with Crippen molar-refractivity contribution in [3.8, 4) is 5.69 Å². The van der Waals surface area contributed by atoms with Gasteiger partial charge >= 0.3 is 0 Å². The van der Waals surface area contributed by atoms with Gasteiger partial charge in [-0.15, -0.1) is 0 Å². The average molecular weight is 411 g/mol. The Bertz CT molecular complexity index is 1040. The van der Waals surface area contributed by atoms with E-state index < -0.39 is 5.82 Å². The van der Waals surface area contributed by atoms with Gasteiger partial charge in [-0.25, -0.2) is 19.4 Å². The van der Waals surface area contributed by atoms with Crippen molar-refractivity contribution < 1.29 is 14.0 Å². The summed E-state index contributed by atoms with van der Waals surface area (Å²) in [6, 6.07) is 5.61. The minimum Gasteiger partial charge on any atom is -0.332 e. The summed E-state index contributed by atoms with van der Waals surface area (Å²) in [4.78, 5) is 31.0. The van der Waals surface area contributed by atoms with Crippen molar-refractivity contribution in [2.75, 3.05) is 24.8 Å². The van der Waals surface area contributed by atoms with E-state index in [0.717, 1.165) is 5.69 Å². The lowest BCUT2D eigenvalue weighted by atomic mass is 10.1. The number of aromatic nitrogens is 5. The second kappa shape index (κ2) is 8.15. The van der Waals surface area contributed by atoms with Gasteiger partial charge in [0.2, 0.25) is 0 Å². The van der Waals surface area contributed by atoms with Crippen molar-refractivity contribution >= 4 is 11.7 Å². The number of benzene rings is 1. The van der Waals surface area contributed by atoms with Gasteiger partial charge in [0.05, 0.1) is 42.8 Å². The summed E-state index contributed by atoms with van der Waals surface area (Å²) in [6.07, 6.45) is 3.01. The number of anilines is 1. The quantitative estimate of drug-likeness (QED) is 0.652. The van der Waals surface area contributed by atoms with Gasteiger partial charge in [0.15, 0.2) is 5.82 Å². The molecule has 1 aliphatic heterocycles. The number of amides is 1. The lowest BCUT2D eigenvalue weighted by molar-refractivity contribution is 0.0599. The molecule has 1 atom stereocenters. The predicted molar refractivity (Wildman–Crippen MR) is 107 cm³/mol. The van der Waals surface area contributed by atoms with Crippen LogP contribution in [-0.2, 0) is 4.84 Å². The first-order chi connectivity index (χ1) is 14.4. The molecule has 4 rings (SSSR count). The van der Waals surface area contributed by atoms with Crippen molar-refractivity contribution in [3.05, 3.63) is 59.6 Å². The summed E-state index contributed by atoms with van der Waals surface area (Å²) >= 11 is 0. The fraction of sp³-hybridized carbons (Fsp3) is 0.350. The molecule has 1 fully saturated rings. The summed E-state index contributed by atoms with van der Waals surface area (Å²) in [5.41, 5.74) is 1.45. The minimum atomic E-state index is -0.499. The molecular formula is C20H22FN7O2. The Morgan fingerprint density at radius 3 is 2.63 bits per heavy atom. The Morgan fingerprint density at radius 2 is 1.90 bits per heavy atom.